The van der Waals surface area contributed by atoms with E-state index in [2.05, 4.69) is 22.4 Å². The largest absolute Gasteiger partial charge is 0.493 e. The predicted octanol–water partition coefficient (Wildman–Crippen LogP) is 2.15. The van der Waals surface area contributed by atoms with Crippen LogP contribution in [0.5, 0.6) is 11.5 Å². The molecule has 0 radical (unpaired) electrons. The van der Waals surface area contributed by atoms with Gasteiger partial charge in [0.25, 0.3) is 0 Å². The molecule has 10 heteroatoms. The number of amides is 1. The highest BCUT2D eigenvalue weighted by Gasteiger charge is 2.42. The minimum absolute atomic E-state index is 0.0294. The zero-order chi connectivity index (χ0) is 29.1. The van der Waals surface area contributed by atoms with Crippen molar-refractivity contribution in [2.24, 2.45) is 16.8 Å². The Morgan fingerprint density at radius 2 is 1.95 bits per heavy atom. The first-order valence-electron chi connectivity index (χ1n) is 15.4. The van der Waals surface area contributed by atoms with Crippen LogP contribution in [0, 0.1) is 11.8 Å². The molecule has 0 spiro atoms. The number of benzene rings is 1. The minimum Gasteiger partial charge on any atom is -0.493 e. The van der Waals surface area contributed by atoms with E-state index < -0.39 is 0 Å². The summed E-state index contributed by atoms with van der Waals surface area (Å²) < 4.78 is 23.0. The predicted molar refractivity (Wildman–Crippen MR) is 159 cm³/mol. The van der Waals surface area contributed by atoms with Crippen LogP contribution in [0.2, 0.25) is 0 Å². The molecule has 5 aliphatic rings. The first-order chi connectivity index (χ1) is 20.6. The van der Waals surface area contributed by atoms with Crippen LogP contribution in [0.25, 0.3) is 0 Å². The van der Waals surface area contributed by atoms with Gasteiger partial charge in [-0.15, -0.1) is 0 Å². The first-order valence-corrected chi connectivity index (χ1v) is 15.4. The van der Waals surface area contributed by atoms with Crippen molar-refractivity contribution in [1.82, 2.24) is 15.1 Å². The summed E-state index contributed by atoms with van der Waals surface area (Å²) in [5, 5.41) is 13.6. The number of ether oxygens (including phenoxy) is 4. The molecule has 10 nitrogen and oxygen atoms in total. The maximum atomic E-state index is 13.9. The number of morpholine rings is 1. The molecule has 4 heterocycles. The molecular weight excluding hydrogens is 536 g/mol. The number of aliphatic hydroxyl groups is 1. The SMILES string of the molecule is COc1cc2c(cc1OC)C(C1=CC(N3C=CC4C(OCCN5CCOCC5)CCCC4C3=O)NCC1)=N[C@H](CO)C2. The Morgan fingerprint density at radius 3 is 2.74 bits per heavy atom. The van der Waals surface area contributed by atoms with Crippen LogP contribution in [0.1, 0.15) is 36.8 Å². The number of nitrogens with zero attached hydrogens (tertiary/aromatic N) is 3. The number of hydrogen-bond acceptors (Lipinski definition) is 9. The number of fused-ring (bicyclic) bond motifs is 2. The summed E-state index contributed by atoms with van der Waals surface area (Å²) >= 11 is 0. The Hall–Kier alpha value is -2.76. The van der Waals surface area contributed by atoms with Crippen molar-refractivity contribution < 1.29 is 28.8 Å². The molecule has 0 bridgehead atoms. The third kappa shape index (κ3) is 6.01. The van der Waals surface area contributed by atoms with Crippen LogP contribution in [0.15, 0.2) is 41.1 Å². The molecule has 1 saturated heterocycles. The Balaban J connectivity index is 1.19. The zero-order valence-corrected chi connectivity index (χ0v) is 24.8. The van der Waals surface area contributed by atoms with Gasteiger partial charge >= 0.3 is 0 Å². The summed E-state index contributed by atoms with van der Waals surface area (Å²) in [5.74, 6) is 1.52. The van der Waals surface area contributed by atoms with Crippen LogP contribution in [0.4, 0.5) is 0 Å². The zero-order valence-electron chi connectivity index (χ0n) is 24.8. The molecule has 1 aliphatic carbocycles. The lowest BCUT2D eigenvalue weighted by Gasteiger charge is -2.43. The van der Waals surface area contributed by atoms with Crippen LogP contribution >= 0.6 is 0 Å². The van der Waals surface area contributed by atoms with Gasteiger partial charge in [-0.2, -0.15) is 0 Å². The van der Waals surface area contributed by atoms with Crippen molar-refractivity contribution in [2.45, 2.75) is 50.4 Å². The number of rotatable bonds is 9. The number of carbonyl (C=O) groups is 1. The molecule has 4 aliphatic heterocycles. The molecule has 1 aromatic carbocycles. The third-order valence-corrected chi connectivity index (χ3v) is 9.33. The maximum Gasteiger partial charge on any atom is 0.231 e. The summed E-state index contributed by atoms with van der Waals surface area (Å²) in [4.78, 5) is 23.1. The second-order valence-corrected chi connectivity index (χ2v) is 11.8. The summed E-state index contributed by atoms with van der Waals surface area (Å²) in [7, 11) is 3.26. The molecule has 42 heavy (non-hydrogen) atoms. The van der Waals surface area contributed by atoms with Crippen LogP contribution in [-0.4, -0.2) is 112 Å². The van der Waals surface area contributed by atoms with Gasteiger partial charge in [-0.05, 0) is 55.0 Å². The number of hydrogen-bond donors (Lipinski definition) is 2. The topological polar surface area (TPSA) is 105 Å². The van der Waals surface area contributed by atoms with Gasteiger partial charge in [0.15, 0.2) is 11.5 Å². The summed E-state index contributed by atoms with van der Waals surface area (Å²) in [6.45, 7) is 5.78. The molecule has 1 saturated carbocycles. The highest BCUT2D eigenvalue weighted by Crippen LogP contribution is 2.39. The average molecular weight is 581 g/mol. The number of aliphatic hydroxyl groups excluding tert-OH is 1. The summed E-state index contributed by atoms with van der Waals surface area (Å²) in [6, 6.07) is 3.75. The minimum atomic E-state index is -0.262. The molecule has 6 rings (SSSR count). The van der Waals surface area contributed by atoms with E-state index in [9.17, 15) is 9.90 Å². The normalized spacial score (nSPS) is 29.8. The lowest BCUT2D eigenvalue weighted by atomic mass is 9.75. The fraction of sp³-hybridized carbons (Fsp3) is 0.625. The molecule has 2 N–H and O–H groups in total. The second kappa shape index (κ2) is 13.3. The molecule has 4 unspecified atom stereocenters. The standard InChI is InChI=1S/C32H44N4O6/c1-39-28-17-22-16-23(20-37)34-31(26(22)19-29(28)40-2)21-6-8-33-30(18-21)36-9-7-24-25(32(36)38)4-3-5-27(24)42-15-12-35-10-13-41-14-11-35/h7,9,17-19,23-25,27,30,33,37H,3-6,8,10-16,20H2,1-2H3/t23-,24?,25?,27?,30?/m0/s1. The Kier molecular flexibility index (Phi) is 9.26. The fourth-order valence-electron chi connectivity index (χ4n) is 7.06. The molecule has 1 aromatic rings. The van der Waals surface area contributed by atoms with Gasteiger partial charge in [0.1, 0.15) is 6.17 Å². The van der Waals surface area contributed by atoms with Crippen LogP contribution in [-0.2, 0) is 20.7 Å². The number of carbonyl (C=O) groups excluding carboxylic acids is 1. The van der Waals surface area contributed by atoms with E-state index >= 15 is 0 Å². The van der Waals surface area contributed by atoms with E-state index in [-0.39, 0.29) is 42.7 Å². The van der Waals surface area contributed by atoms with Crippen molar-refractivity contribution in [3.05, 3.63) is 47.2 Å². The lowest BCUT2D eigenvalue weighted by Crippen LogP contribution is -2.54. The molecule has 0 aromatic heterocycles. The van der Waals surface area contributed by atoms with E-state index in [0.717, 1.165) is 87.5 Å². The smallest absolute Gasteiger partial charge is 0.231 e. The Labute approximate surface area is 248 Å². The molecule has 1 amide bonds. The lowest BCUT2D eigenvalue weighted by molar-refractivity contribution is -0.142. The van der Waals surface area contributed by atoms with E-state index in [1.165, 1.54) is 0 Å². The summed E-state index contributed by atoms with van der Waals surface area (Å²) in [6.07, 6.45) is 10.4. The number of nitrogens with one attached hydrogen (secondary N) is 1. The monoisotopic (exact) mass is 580 g/mol. The highest BCUT2D eigenvalue weighted by atomic mass is 16.5. The third-order valence-electron chi connectivity index (χ3n) is 9.33. The van der Waals surface area contributed by atoms with E-state index in [0.29, 0.717) is 24.5 Å². The van der Waals surface area contributed by atoms with Crippen molar-refractivity contribution in [2.75, 3.05) is 66.8 Å². The van der Waals surface area contributed by atoms with E-state index in [1.807, 2.05) is 23.2 Å². The van der Waals surface area contributed by atoms with Gasteiger partial charge in [0.2, 0.25) is 5.91 Å². The van der Waals surface area contributed by atoms with Crippen molar-refractivity contribution in [3.8, 4) is 11.5 Å². The maximum absolute atomic E-state index is 13.9. The molecular formula is C32H44N4O6. The highest BCUT2D eigenvalue weighted by molar-refractivity contribution is 6.14. The van der Waals surface area contributed by atoms with E-state index in [1.54, 1.807) is 14.2 Å². The van der Waals surface area contributed by atoms with Gasteiger partial charge in [0.05, 0.1) is 58.5 Å². The molecule has 228 valence electrons. The number of aliphatic imine (C=N–C) groups is 1. The van der Waals surface area contributed by atoms with Gasteiger partial charge in [-0.1, -0.05) is 12.5 Å². The molecule has 2 fully saturated rings. The number of methoxy groups -OCH3 is 2. The van der Waals surface area contributed by atoms with Gasteiger partial charge in [-0.3, -0.25) is 24.9 Å². The van der Waals surface area contributed by atoms with Gasteiger partial charge in [-0.25, -0.2) is 0 Å². The quantitative estimate of drug-likeness (QED) is 0.458. The second-order valence-electron chi connectivity index (χ2n) is 11.8. The Morgan fingerprint density at radius 1 is 1.14 bits per heavy atom. The van der Waals surface area contributed by atoms with Crippen molar-refractivity contribution in [3.63, 3.8) is 0 Å². The fourth-order valence-corrected chi connectivity index (χ4v) is 7.06. The summed E-state index contributed by atoms with van der Waals surface area (Å²) in [5.41, 5.74) is 4.00. The average Bonchev–Trinajstić information content (AvgIpc) is 3.04. The van der Waals surface area contributed by atoms with E-state index in [4.69, 9.17) is 23.9 Å². The van der Waals surface area contributed by atoms with Crippen molar-refractivity contribution >= 4 is 11.6 Å². The van der Waals surface area contributed by atoms with Gasteiger partial charge < -0.3 is 24.1 Å². The van der Waals surface area contributed by atoms with Crippen molar-refractivity contribution in [1.29, 1.82) is 0 Å². The molecule has 5 atom stereocenters. The van der Waals surface area contributed by atoms with Gasteiger partial charge in [0, 0.05) is 49.8 Å². The Bertz CT molecular complexity index is 1230. The van der Waals surface area contributed by atoms with Crippen LogP contribution in [0.3, 0.4) is 0 Å². The van der Waals surface area contributed by atoms with Crippen LogP contribution < -0.4 is 14.8 Å². The first kappa shape index (κ1) is 29.3.